The Labute approximate surface area is 160 Å². The van der Waals surface area contributed by atoms with Gasteiger partial charge in [0.1, 0.15) is 11.8 Å². The molecular formula is C17H20F2N4O3S. The third-order valence-electron chi connectivity index (χ3n) is 4.55. The number of rotatable bonds is 5. The first-order valence-electron chi connectivity index (χ1n) is 8.55. The molecule has 2 amide bonds. The summed E-state index contributed by atoms with van der Waals surface area (Å²) in [5.74, 6) is -1.51. The predicted molar refractivity (Wildman–Crippen MR) is 100 cm³/mol. The van der Waals surface area contributed by atoms with E-state index in [0.29, 0.717) is 37.7 Å². The number of amides is 2. The predicted octanol–water partition coefficient (Wildman–Crippen LogP) is 1.51. The summed E-state index contributed by atoms with van der Waals surface area (Å²) in [6.07, 6.45) is -0.393. The van der Waals surface area contributed by atoms with E-state index in [0.717, 1.165) is 18.5 Å². The van der Waals surface area contributed by atoms with Crippen molar-refractivity contribution in [2.45, 2.75) is 13.0 Å². The van der Waals surface area contributed by atoms with Crippen molar-refractivity contribution < 1.29 is 23.1 Å². The van der Waals surface area contributed by atoms with Gasteiger partial charge in [0.2, 0.25) is 6.41 Å². The lowest BCUT2D eigenvalue weighted by Crippen LogP contribution is -2.46. The minimum atomic E-state index is -0.756. The van der Waals surface area contributed by atoms with Gasteiger partial charge in [-0.2, -0.15) is 0 Å². The highest BCUT2D eigenvalue weighted by Crippen LogP contribution is 2.31. The molecule has 10 heteroatoms. The summed E-state index contributed by atoms with van der Waals surface area (Å²) in [6, 6.07) is 2.26. The number of hydrogen-bond acceptors (Lipinski definition) is 5. The van der Waals surface area contributed by atoms with Crippen LogP contribution in [0.3, 0.4) is 0 Å². The van der Waals surface area contributed by atoms with Crippen LogP contribution in [0.25, 0.3) is 0 Å². The number of piperazine rings is 1. The summed E-state index contributed by atoms with van der Waals surface area (Å²) in [6.45, 7) is 3.69. The Morgan fingerprint density at radius 2 is 1.93 bits per heavy atom. The lowest BCUT2D eigenvalue weighted by Gasteiger charge is -2.34. The van der Waals surface area contributed by atoms with E-state index < -0.39 is 23.8 Å². The number of carbonyl (C=O) groups is 2. The van der Waals surface area contributed by atoms with Gasteiger partial charge in [-0.15, -0.1) is 0 Å². The van der Waals surface area contributed by atoms with Crippen LogP contribution < -0.4 is 15.1 Å². The molecule has 2 heterocycles. The van der Waals surface area contributed by atoms with Gasteiger partial charge in [-0.25, -0.2) is 13.6 Å². The molecule has 1 aromatic carbocycles. The van der Waals surface area contributed by atoms with Crippen molar-refractivity contribution in [2.24, 2.45) is 0 Å². The average molecular weight is 398 g/mol. The summed E-state index contributed by atoms with van der Waals surface area (Å²) in [5, 5.41) is 2.91. The van der Waals surface area contributed by atoms with Crippen LogP contribution in [0.4, 0.5) is 25.0 Å². The van der Waals surface area contributed by atoms with Crippen molar-refractivity contribution in [3.05, 3.63) is 23.8 Å². The van der Waals surface area contributed by atoms with Crippen LogP contribution in [0.1, 0.15) is 6.92 Å². The van der Waals surface area contributed by atoms with Crippen molar-refractivity contribution in [3.8, 4) is 0 Å². The van der Waals surface area contributed by atoms with E-state index in [2.05, 4.69) is 5.32 Å². The van der Waals surface area contributed by atoms with Crippen LogP contribution in [-0.2, 0) is 9.53 Å². The highest BCUT2D eigenvalue weighted by atomic mass is 32.1. The van der Waals surface area contributed by atoms with E-state index in [9.17, 15) is 18.4 Å². The number of benzene rings is 1. The fourth-order valence-electron chi connectivity index (χ4n) is 3.16. The second-order valence-electron chi connectivity index (χ2n) is 6.44. The molecule has 2 saturated heterocycles. The molecule has 1 aromatic rings. The number of thiocarbonyl (C=S) groups is 1. The van der Waals surface area contributed by atoms with E-state index in [1.807, 2.05) is 0 Å². The number of hydrogen-bond donors (Lipinski definition) is 1. The van der Waals surface area contributed by atoms with E-state index in [1.54, 1.807) is 16.7 Å². The van der Waals surface area contributed by atoms with Gasteiger partial charge < -0.3 is 19.9 Å². The van der Waals surface area contributed by atoms with Gasteiger partial charge >= 0.3 is 6.09 Å². The SMILES string of the molecule is CC(=S)NC[C@H]1CN(c2cc(F)c(N3CCN(C=O)CC3)c(F)c2)C(=O)O1. The van der Waals surface area contributed by atoms with Crippen molar-refractivity contribution in [1.82, 2.24) is 10.2 Å². The zero-order valence-electron chi connectivity index (χ0n) is 14.8. The van der Waals surface area contributed by atoms with E-state index >= 15 is 0 Å². The molecule has 0 spiro atoms. The molecule has 27 heavy (non-hydrogen) atoms. The number of halogens is 2. The summed E-state index contributed by atoms with van der Waals surface area (Å²) in [5.41, 5.74) is -0.0433. The lowest BCUT2D eigenvalue weighted by molar-refractivity contribution is -0.118. The topological polar surface area (TPSA) is 65.1 Å². The summed E-state index contributed by atoms with van der Waals surface area (Å²) in [4.78, 5) is 27.7. The van der Waals surface area contributed by atoms with Gasteiger partial charge in [-0.05, 0) is 6.92 Å². The number of nitrogens with zero attached hydrogens (tertiary/aromatic N) is 3. The van der Waals surface area contributed by atoms with Crippen LogP contribution in [-0.4, -0.2) is 67.8 Å². The Balaban J connectivity index is 1.74. The standard InChI is InChI=1S/C17H20F2N4O3S/c1-11(27)20-8-13-9-23(17(25)26-13)12-6-14(18)16(15(19)7-12)22-4-2-21(10-24)3-5-22/h6-7,10,13H,2-5,8-9H2,1H3,(H,20,27)/t13-/m0/s1. The van der Waals surface area contributed by atoms with Gasteiger partial charge in [0.25, 0.3) is 0 Å². The highest BCUT2D eigenvalue weighted by Gasteiger charge is 2.33. The number of carbonyl (C=O) groups excluding carboxylic acids is 2. The lowest BCUT2D eigenvalue weighted by atomic mass is 10.2. The molecule has 3 rings (SSSR count). The molecule has 146 valence electrons. The molecule has 0 unspecified atom stereocenters. The van der Waals surface area contributed by atoms with E-state index in [1.165, 1.54) is 4.90 Å². The fraction of sp³-hybridized carbons (Fsp3) is 0.471. The molecule has 0 bridgehead atoms. The molecule has 0 aromatic heterocycles. The molecule has 1 N–H and O–H groups in total. The Kier molecular flexibility index (Phi) is 5.73. The molecule has 7 nitrogen and oxygen atoms in total. The van der Waals surface area contributed by atoms with Crippen LogP contribution >= 0.6 is 12.2 Å². The maximum Gasteiger partial charge on any atom is 0.414 e. The quantitative estimate of drug-likeness (QED) is 0.599. The van der Waals surface area contributed by atoms with Crippen LogP contribution in [0, 0.1) is 11.6 Å². The maximum atomic E-state index is 14.6. The summed E-state index contributed by atoms with van der Waals surface area (Å²) >= 11 is 4.92. The first-order chi connectivity index (χ1) is 12.9. The van der Waals surface area contributed by atoms with Crippen molar-refractivity contribution in [2.75, 3.05) is 49.1 Å². The number of ether oxygens (including phenoxy) is 1. The van der Waals surface area contributed by atoms with E-state index in [-0.39, 0.29) is 17.9 Å². The second-order valence-corrected chi connectivity index (χ2v) is 7.05. The largest absolute Gasteiger partial charge is 0.442 e. The Hall–Kier alpha value is -2.49. The fourth-order valence-corrected chi connectivity index (χ4v) is 3.24. The maximum absolute atomic E-state index is 14.6. The third-order valence-corrected chi connectivity index (χ3v) is 4.69. The van der Waals surface area contributed by atoms with E-state index in [4.69, 9.17) is 17.0 Å². The zero-order chi connectivity index (χ0) is 19.6. The van der Waals surface area contributed by atoms with Gasteiger partial charge in [-0.1, -0.05) is 12.2 Å². The molecule has 2 fully saturated rings. The summed E-state index contributed by atoms with van der Waals surface area (Å²) in [7, 11) is 0. The van der Waals surface area contributed by atoms with Crippen LogP contribution in [0.5, 0.6) is 0 Å². The summed E-state index contributed by atoms with van der Waals surface area (Å²) < 4.78 is 34.5. The van der Waals surface area contributed by atoms with Crippen LogP contribution in [0.2, 0.25) is 0 Å². The molecule has 2 aliphatic rings. The average Bonchev–Trinajstić information content (AvgIpc) is 3.00. The van der Waals surface area contributed by atoms with Gasteiger partial charge in [-0.3, -0.25) is 9.69 Å². The third kappa shape index (κ3) is 4.26. The molecule has 0 aliphatic carbocycles. The van der Waals surface area contributed by atoms with Crippen molar-refractivity contribution >= 4 is 41.1 Å². The minimum absolute atomic E-state index is 0.104. The van der Waals surface area contributed by atoms with Crippen molar-refractivity contribution in [3.63, 3.8) is 0 Å². The Bertz CT molecular complexity index is 733. The smallest absolute Gasteiger partial charge is 0.414 e. The minimum Gasteiger partial charge on any atom is -0.442 e. The molecule has 1 atom stereocenters. The second kappa shape index (κ2) is 8.03. The molecule has 2 aliphatic heterocycles. The normalized spacial score (nSPS) is 19.9. The molecule has 0 radical (unpaired) electrons. The number of cyclic esters (lactones) is 1. The Morgan fingerprint density at radius 1 is 1.30 bits per heavy atom. The van der Waals surface area contributed by atoms with Gasteiger partial charge in [0.15, 0.2) is 11.6 Å². The first-order valence-corrected chi connectivity index (χ1v) is 8.95. The first kappa shape index (κ1) is 19.3. The van der Waals surface area contributed by atoms with Crippen molar-refractivity contribution in [1.29, 1.82) is 0 Å². The zero-order valence-corrected chi connectivity index (χ0v) is 15.6. The monoisotopic (exact) mass is 398 g/mol. The molecular weight excluding hydrogens is 378 g/mol. The molecule has 0 saturated carbocycles. The Morgan fingerprint density at radius 3 is 2.48 bits per heavy atom. The number of nitrogens with one attached hydrogen (secondary N) is 1. The highest BCUT2D eigenvalue weighted by molar-refractivity contribution is 7.80. The van der Waals surface area contributed by atoms with Gasteiger partial charge in [0.05, 0.1) is 23.8 Å². The van der Waals surface area contributed by atoms with Crippen LogP contribution in [0.15, 0.2) is 12.1 Å². The van der Waals surface area contributed by atoms with Gasteiger partial charge in [0, 0.05) is 38.3 Å². The number of anilines is 2.